The van der Waals surface area contributed by atoms with Gasteiger partial charge in [0.15, 0.2) is 0 Å². The molecule has 0 saturated heterocycles. The van der Waals surface area contributed by atoms with Crippen LogP contribution in [0.2, 0.25) is 0 Å². The summed E-state index contributed by atoms with van der Waals surface area (Å²) in [7, 11) is 1.63. The number of carbonyl (C=O) groups is 1. The van der Waals surface area contributed by atoms with Gasteiger partial charge in [0.05, 0.1) is 7.11 Å². The maximum Gasteiger partial charge on any atom is 0.407 e. The first kappa shape index (κ1) is 14.4. The third-order valence-electron chi connectivity index (χ3n) is 2.82. The predicted octanol–water partition coefficient (Wildman–Crippen LogP) is 3.02. The summed E-state index contributed by atoms with van der Waals surface area (Å²) in [6, 6.07) is 7.69. The van der Waals surface area contributed by atoms with Crippen molar-refractivity contribution in [3.8, 4) is 5.75 Å². The van der Waals surface area contributed by atoms with Crippen LogP contribution >= 0.6 is 0 Å². The number of nitrogens with zero attached hydrogens (tertiary/aromatic N) is 1. The fraction of sp³-hybridized carbons (Fsp3) is 0.500. The lowest BCUT2D eigenvalue weighted by atomic mass is 10.1. The van der Waals surface area contributed by atoms with Crippen molar-refractivity contribution in [3.63, 3.8) is 0 Å². The second kappa shape index (κ2) is 5.76. The van der Waals surface area contributed by atoms with E-state index in [9.17, 15) is 9.90 Å². The molecule has 1 rings (SSSR count). The van der Waals surface area contributed by atoms with Gasteiger partial charge in [-0.3, -0.25) is 0 Å². The molecule has 0 heterocycles. The average molecular weight is 251 g/mol. The number of rotatable bonds is 4. The lowest BCUT2D eigenvalue weighted by Gasteiger charge is -2.33. The number of ether oxygens (including phenoxy) is 1. The van der Waals surface area contributed by atoms with Crippen molar-refractivity contribution in [3.05, 3.63) is 29.8 Å². The molecule has 0 spiro atoms. The van der Waals surface area contributed by atoms with Crippen LogP contribution in [0, 0.1) is 0 Å². The number of carboxylic acid groups (broad SMARTS) is 1. The van der Waals surface area contributed by atoms with Crippen LogP contribution in [0.15, 0.2) is 24.3 Å². The van der Waals surface area contributed by atoms with Crippen molar-refractivity contribution in [2.45, 2.75) is 32.7 Å². The molecule has 0 fully saturated rings. The Hall–Kier alpha value is -1.71. The minimum absolute atomic E-state index is 0.377. The first-order valence-corrected chi connectivity index (χ1v) is 5.98. The number of amides is 1. The van der Waals surface area contributed by atoms with Gasteiger partial charge in [-0.2, -0.15) is 0 Å². The maximum absolute atomic E-state index is 11.2. The summed E-state index contributed by atoms with van der Waals surface area (Å²) in [5.74, 6) is 0.810. The zero-order chi connectivity index (χ0) is 13.8. The zero-order valence-electron chi connectivity index (χ0n) is 11.4. The molecule has 1 amide bonds. The van der Waals surface area contributed by atoms with E-state index in [2.05, 4.69) is 0 Å². The van der Waals surface area contributed by atoms with Crippen LogP contribution in [0.1, 0.15) is 26.3 Å². The number of methoxy groups -OCH3 is 1. The van der Waals surface area contributed by atoms with Crippen molar-refractivity contribution < 1.29 is 14.6 Å². The van der Waals surface area contributed by atoms with Gasteiger partial charge in [0.2, 0.25) is 0 Å². The minimum Gasteiger partial charge on any atom is -0.497 e. The van der Waals surface area contributed by atoms with Crippen molar-refractivity contribution in [1.82, 2.24) is 4.90 Å². The van der Waals surface area contributed by atoms with Gasteiger partial charge in [-0.1, -0.05) is 12.1 Å². The molecule has 18 heavy (non-hydrogen) atoms. The van der Waals surface area contributed by atoms with E-state index in [1.807, 2.05) is 45.0 Å². The van der Waals surface area contributed by atoms with Crippen molar-refractivity contribution in [2.75, 3.05) is 13.7 Å². The molecule has 0 aliphatic rings. The largest absolute Gasteiger partial charge is 0.497 e. The summed E-state index contributed by atoms with van der Waals surface area (Å²) < 4.78 is 5.08. The molecule has 0 radical (unpaired) electrons. The predicted molar refractivity (Wildman–Crippen MR) is 71.2 cm³/mol. The molecular weight excluding hydrogens is 230 g/mol. The fourth-order valence-corrected chi connectivity index (χ4v) is 1.75. The molecule has 4 heteroatoms. The van der Waals surface area contributed by atoms with E-state index in [1.54, 1.807) is 7.11 Å². The van der Waals surface area contributed by atoms with Crippen LogP contribution in [0.3, 0.4) is 0 Å². The molecule has 0 aliphatic heterocycles. The molecule has 1 aromatic carbocycles. The SMILES string of the molecule is COc1ccc(CCN(C(=O)O)C(C)(C)C)cc1. The molecule has 0 saturated carbocycles. The first-order valence-electron chi connectivity index (χ1n) is 5.98. The Morgan fingerprint density at radius 1 is 1.28 bits per heavy atom. The first-order chi connectivity index (χ1) is 8.34. The van der Waals surface area contributed by atoms with Crippen LogP contribution in [0.5, 0.6) is 5.75 Å². The molecule has 0 unspecified atom stereocenters. The topological polar surface area (TPSA) is 49.8 Å². The van der Waals surface area contributed by atoms with E-state index < -0.39 is 6.09 Å². The lowest BCUT2D eigenvalue weighted by Crippen LogP contribution is -2.45. The highest BCUT2D eigenvalue weighted by molar-refractivity contribution is 5.66. The molecule has 4 nitrogen and oxygen atoms in total. The molecule has 0 aromatic heterocycles. The van der Waals surface area contributed by atoms with E-state index in [0.29, 0.717) is 13.0 Å². The smallest absolute Gasteiger partial charge is 0.407 e. The molecule has 100 valence electrons. The van der Waals surface area contributed by atoms with Crippen molar-refractivity contribution >= 4 is 6.09 Å². The van der Waals surface area contributed by atoms with Crippen LogP contribution in [-0.2, 0) is 6.42 Å². The van der Waals surface area contributed by atoms with Gasteiger partial charge >= 0.3 is 6.09 Å². The van der Waals surface area contributed by atoms with Crippen LogP contribution in [0.4, 0.5) is 4.79 Å². The maximum atomic E-state index is 11.2. The summed E-state index contributed by atoms with van der Waals surface area (Å²) in [4.78, 5) is 12.6. The summed E-state index contributed by atoms with van der Waals surface area (Å²) in [5.41, 5.74) is 0.726. The highest BCUT2D eigenvalue weighted by Crippen LogP contribution is 2.16. The lowest BCUT2D eigenvalue weighted by molar-refractivity contribution is 0.101. The second-order valence-electron chi connectivity index (χ2n) is 5.20. The molecule has 0 aliphatic carbocycles. The van der Waals surface area contributed by atoms with Gasteiger partial charge in [0.25, 0.3) is 0 Å². The summed E-state index contributed by atoms with van der Waals surface area (Å²) in [6.07, 6.45) is -0.177. The average Bonchev–Trinajstić information content (AvgIpc) is 2.28. The molecule has 1 N–H and O–H groups in total. The van der Waals surface area contributed by atoms with E-state index >= 15 is 0 Å². The van der Waals surface area contributed by atoms with E-state index in [-0.39, 0.29) is 5.54 Å². The Morgan fingerprint density at radius 2 is 1.83 bits per heavy atom. The van der Waals surface area contributed by atoms with E-state index in [4.69, 9.17) is 4.74 Å². The summed E-state index contributed by atoms with van der Waals surface area (Å²) in [6.45, 7) is 6.19. The Bertz CT molecular complexity index is 392. The van der Waals surface area contributed by atoms with Crippen LogP contribution in [0.25, 0.3) is 0 Å². The van der Waals surface area contributed by atoms with E-state index in [0.717, 1.165) is 11.3 Å². The van der Waals surface area contributed by atoms with Crippen molar-refractivity contribution in [2.24, 2.45) is 0 Å². The minimum atomic E-state index is -0.879. The number of hydrogen-bond acceptors (Lipinski definition) is 2. The highest BCUT2D eigenvalue weighted by atomic mass is 16.5. The molecule has 0 atom stereocenters. The Morgan fingerprint density at radius 3 is 2.22 bits per heavy atom. The summed E-state index contributed by atoms with van der Waals surface area (Å²) in [5, 5.41) is 9.17. The van der Waals surface area contributed by atoms with Crippen molar-refractivity contribution in [1.29, 1.82) is 0 Å². The number of hydrogen-bond donors (Lipinski definition) is 1. The monoisotopic (exact) mass is 251 g/mol. The van der Waals surface area contributed by atoms with Gasteiger partial charge in [-0.15, -0.1) is 0 Å². The zero-order valence-corrected chi connectivity index (χ0v) is 11.4. The van der Waals surface area contributed by atoms with E-state index in [1.165, 1.54) is 4.90 Å². The third kappa shape index (κ3) is 3.95. The quantitative estimate of drug-likeness (QED) is 0.894. The normalized spacial score (nSPS) is 11.1. The highest BCUT2D eigenvalue weighted by Gasteiger charge is 2.25. The molecule has 0 bridgehead atoms. The standard InChI is InChI=1S/C14H21NO3/c1-14(2,3)15(13(16)17)10-9-11-5-7-12(18-4)8-6-11/h5-8H,9-10H2,1-4H3,(H,16,17). The van der Waals surface area contributed by atoms with Gasteiger partial charge in [0.1, 0.15) is 5.75 Å². The van der Waals surface area contributed by atoms with Crippen LogP contribution in [-0.4, -0.2) is 35.3 Å². The van der Waals surface area contributed by atoms with Gasteiger partial charge < -0.3 is 14.7 Å². The van der Waals surface area contributed by atoms with Gasteiger partial charge in [-0.25, -0.2) is 4.79 Å². The van der Waals surface area contributed by atoms with Gasteiger partial charge in [0, 0.05) is 12.1 Å². The summed E-state index contributed by atoms with van der Waals surface area (Å²) >= 11 is 0. The van der Waals surface area contributed by atoms with Crippen LogP contribution < -0.4 is 4.74 Å². The van der Waals surface area contributed by atoms with Gasteiger partial charge in [-0.05, 0) is 44.9 Å². The Balaban J connectivity index is 2.64. The number of benzene rings is 1. The molecule has 1 aromatic rings. The third-order valence-corrected chi connectivity index (χ3v) is 2.82. The second-order valence-corrected chi connectivity index (χ2v) is 5.20. The Kier molecular flexibility index (Phi) is 4.59. The fourth-order valence-electron chi connectivity index (χ4n) is 1.75. The molecular formula is C14H21NO3. The Labute approximate surface area is 108 Å².